The first-order valence-electron chi connectivity index (χ1n) is 5.32. The lowest BCUT2D eigenvalue weighted by Crippen LogP contribution is -2.33. The van der Waals surface area contributed by atoms with E-state index in [1.807, 2.05) is 13.8 Å². The Bertz CT molecular complexity index is 157. The van der Waals surface area contributed by atoms with Gasteiger partial charge in [-0.25, -0.2) is 0 Å². The van der Waals surface area contributed by atoms with E-state index in [1.165, 1.54) is 0 Å². The van der Waals surface area contributed by atoms with E-state index >= 15 is 0 Å². The molecule has 0 unspecified atom stereocenters. The summed E-state index contributed by atoms with van der Waals surface area (Å²) < 4.78 is 5.38. The summed E-state index contributed by atoms with van der Waals surface area (Å²) in [4.78, 5) is 4.12. The summed E-state index contributed by atoms with van der Waals surface area (Å²) in [6.07, 6.45) is 2.29. The Kier molecular flexibility index (Phi) is 8.33. The first-order chi connectivity index (χ1) is 6.66. The molecule has 0 spiro atoms. The van der Waals surface area contributed by atoms with Crippen LogP contribution in [-0.2, 0) is 4.74 Å². The fourth-order valence-corrected chi connectivity index (χ4v) is 0.896. The third-order valence-corrected chi connectivity index (χ3v) is 1.58. The minimum Gasteiger partial charge on any atom is -0.379 e. The molecule has 0 atom stereocenters. The van der Waals surface area contributed by atoms with E-state index in [0.717, 1.165) is 32.5 Å². The van der Waals surface area contributed by atoms with Crippen LogP contribution in [0.25, 0.3) is 0 Å². The van der Waals surface area contributed by atoms with Crippen LogP contribution in [0, 0.1) is 0 Å². The summed E-state index contributed by atoms with van der Waals surface area (Å²) in [5.74, 6) is 0.538. The van der Waals surface area contributed by atoms with Crippen LogP contribution in [0.15, 0.2) is 4.99 Å². The first kappa shape index (κ1) is 13.2. The third kappa shape index (κ3) is 9.32. The standard InChI is InChI=1S/C10H23N3O/c1-4-6-12-10(11)13-7-5-8-14-9(2)3/h9H,4-8H2,1-3H3,(H3,11,12,13). The summed E-state index contributed by atoms with van der Waals surface area (Å²) in [6, 6.07) is 0. The molecule has 0 aromatic carbocycles. The zero-order valence-electron chi connectivity index (χ0n) is 9.55. The Morgan fingerprint density at radius 3 is 2.79 bits per heavy atom. The van der Waals surface area contributed by atoms with E-state index in [9.17, 15) is 0 Å². The van der Waals surface area contributed by atoms with E-state index in [1.54, 1.807) is 0 Å². The largest absolute Gasteiger partial charge is 0.379 e. The Morgan fingerprint density at radius 2 is 2.21 bits per heavy atom. The third-order valence-electron chi connectivity index (χ3n) is 1.58. The summed E-state index contributed by atoms with van der Waals surface area (Å²) in [7, 11) is 0. The molecule has 84 valence electrons. The molecule has 0 saturated carbocycles. The molecule has 0 aromatic heterocycles. The second-order valence-electron chi connectivity index (χ2n) is 3.47. The van der Waals surface area contributed by atoms with Crippen molar-refractivity contribution in [2.24, 2.45) is 10.7 Å². The fourth-order valence-electron chi connectivity index (χ4n) is 0.896. The normalized spacial score (nSPS) is 12.1. The van der Waals surface area contributed by atoms with E-state index in [0.29, 0.717) is 12.1 Å². The molecule has 4 heteroatoms. The maximum absolute atomic E-state index is 5.60. The van der Waals surface area contributed by atoms with Crippen LogP contribution in [-0.4, -0.2) is 31.8 Å². The number of ether oxygens (including phenoxy) is 1. The molecular weight excluding hydrogens is 178 g/mol. The molecule has 0 aromatic rings. The average Bonchev–Trinajstić information content (AvgIpc) is 2.13. The predicted molar refractivity (Wildman–Crippen MR) is 60.5 cm³/mol. The topological polar surface area (TPSA) is 59.6 Å². The van der Waals surface area contributed by atoms with Crippen LogP contribution < -0.4 is 11.1 Å². The SMILES string of the molecule is CCCN=C(N)NCCCOC(C)C. The highest BCUT2D eigenvalue weighted by atomic mass is 16.5. The number of hydrogen-bond acceptors (Lipinski definition) is 2. The van der Waals surface area contributed by atoms with Crippen molar-refractivity contribution in [3.63, 3.8) is 0 Å². The minimum absolute atomic E-state index is 0.307. The molecule has 4 nitrogen and oxygen atoms in total. The van der Waals surface area contributed by atoms with Crippen LogP contribution in [0.2, 0.25) is 0 Å². The zero-order valence-corrected chi connectivity index (χ0v) is 9.55. The molecule has 14 heavy (non-hydrogen) atoms. The molecule has 3 N–H and O–H groups in total. The zero-order chi connectivity index (χ0) is 10.8. The van der Waals surface area contributed by atoms with Crippen molar-refractivity contribution in [1.29, 1.82) is 0 Å². The number of aliphatic imine (C=N–C) groups is 1. The minimum atomic E-state index is 0.307. The summed E-state index contributed by atoms with van der Waals surface area (Å²) in [5.41, 5.74) is 5.60. The van der Waals surface area contributed by atoms with Gasteiger partial charge in [-0.2, -0.15) is 0 Å². The van der Waals surface area contributed by atoms with Gasteiger partial charge in [0.1, 0.15) is 0 Å². The second-order valence-corrected chi connectivity index (χ2v) is 3.47. The molecule has 0 aliphatic rings. The van der Waals surface area contributed by atoms with Gasteiger partial charge in [0.25, 0.3) is 0 Å². The van der Waals surface area contributed by atoms with Crippen molar-refractivity contribution in [2.45, 2.75) is 39.7 Å². The molecule has 0 heterocycles. The summed E-state index contributed by atoms with van der Waals surface area (Å²) in [5, 5.41) is 3.04. The van der Waals surface area contributed by atoms with Gasteiger partial charge in [0.15, 0.2) is 5.96 Å². The summed E-state index contributed by atoms with van der Waals surface area (Å²) in [6.45, 7) is 8.53. The van der Waals surface area contributed by atoms with Gasteiger partial charge in [0, 0.05) is 19.7 Å². The lowest BCUT2D eigenvalue weighted by molar-refractivity contribution is 0.0777. The van der Waals surface area contributed by atoms with E-state index in [2.05, 4.69) is 17.2 Å². The van der Waals surface area contributed by atoms with Gasteiger partial charge in [-0.3, -0.25) is 4.99 Å². The fraction of sp³-hybridized carbons (Fsp3) is 0.900. The first-order valence-corrected chi connectivity index (χ1v) is 5.32. The molecule has 0 fully saturated rings. The molecule has 0 amide bonds. The Morgan fingerprint density at radius 1 is 1.50 bits per heavy atom. The van der Waals surface area contributed by atoms with Crippen molar-refractivity contribution in [2.75, 3.05) is 19.7 Å². The van der Waals surface area contributed by atoms with Gasteiger partial charge >= 0.3 is 0 Å². The molecule has 0 bridgehead atoms. The van der Waals surface area contributed by atoms with Crippen LogP contribution in [0.5, 0.6) is 0 Å². The maximum atomic E-state index is 5.60. The smallest absolute Gasteiger partial charge is 0.188 e. The molecule has 0 saturated heterocycles. The van der Waals surface area contributed by atoms with Gasteiger partial charge in [-0.15, -0.1) is 0 Å². The van der Waals surface area contributed by atoms with Crippen LogP contribution in [0.3, 0.4) is 0 Å². The molecule has 0 rings (SSSR count). The molecule has 0 aliphatic carbocycles. The Hall–Kier alpha value is -0.770. The molecular formula is C10H23N3O. The van der Waals surface area contributed by atoms with Crippen LogP contribution in [0.4, 0.5) is 0 Å². The Labute approximate surface area is 86.9 Å². The van der Waals surface area contributed by atoms with Crippen molar-refractivity contribution in [3.8, 4) is 0 Å². The number of nitrogens with two attached hydrogens (primary N) is 1. The van der Waals surface area contributed by atoms with Crippen molar-refractivity contribution < 1.29 is 4.74 Å². The lowest BCUT2D eigenvalue weighted by Gasteiger charge is -2.08. The number of nitrogens with one attached hydrogen (secondary N) is 1. The van der Waals surface area contributed by atoms with Crippen molar-refractivity contribution in [3.05, 3.63) is 0 Å². The van der Waals surface area contributed by atoms with Gasteiger partial charge in [0.05, 0.1) is 6.10 Å². The van der Waals surface area contributed by atoms with Crippen molar-refractivity contribution >= 4 is 5.96 Å². The van der Waals surface area contributed by atoms with Crippen LogP contribution >= 0.6 is 0 Å². The highest BCUT2D eigenvalue weighted by Crippen LogP contribution is 1.88. The van der Waals surface area contributed by atoms with Crippen molar-refractivity contribution in [1.82, 2.24) is 5.32 Å². The second kappa shape index (κ2) is 8.81. The van der Waals surface area contributed by atoms with E-state index in [4.69, 9.17) is 10.5 Å². The lowest BCUT2D eigenvalue weighted by atomic mass is 10.4. The monoisotopic (exact) mass is 201 g/mol. The van der Waals surface area contributed by atoms with Gasteiger partial charge in [-0.05, 0) is 26.7 Å². The van der Waals surface area contributed by atoms with E-state index in [-0.39, 0.29) is 0 Å². The maximum Gasteiger partial charge on any atom is 0.188 e. The average molecular weight is 201 g/mol. The number of hydrogen-bond donors (Lipinski definition) is 2. The highest BCUT2D eigenvalue weighted by molar-refractivity contribution is 5.77. The van der Waals surface area contributed by atoms with Gasteiger partial charge in [0.2, 0.25) is 0 Å². The number of nitrogens with zero attached hydrogens (tertiary/aromatic N) is 1. The number of rotatable bonds is 7. The summed E-state index contributed by atoms with van der Waals surface area (Å²) >= 11 is 0. The van der Waals surface area contributed by atoms with Gasteiger partial charge in [-0.1, -0.05) is 6.92 Å². The predicted octanol–water partition coefficient (Wildman–Crippen LogP) is 1.12. The quantitative estimate of drug-likeness (QED) is 0.368. The van der Waals surface area contributed by atoms with E-state index < -0.39 is 0 Å². The van der Waals surface area contributed by atoms with Gasteiger partial charge < -0.3 is 15.8 Å². The highest BCUT2D eigenvalue weighted by Gasteiger charge is 1.93. The number of guanidine groups is 1. The Balaban J connectivity index is 3.27. The molecule has 0 aliphatic heterocycles. The van der Waals surface area contributed by atoms with Crippen LogP contribution in [0.1, 0.15) is 33.6 Å². The molecule has 0 radical (unpaired) electrons.